The van der Waals surface area contributed by atoms with Crippen molar-refractivity contribution >= 4 is 26.7 Å². The van der Waals surface area contributed by atoms with Gasteiger partial charge in [-0.05, 0) is 43.2 Å². The molecule has 1 fully saturated rings. The molecule has 3 aromatic rings. The molecule has 142 valence electrons. The van der Waals surface area contributed by atoms with Gasteiger partial charge in [0.15, 0.2) is 5.58 Å². The predicted molar refractivity (Wildman–Crippen MR) is 106 cm³/mol. The Morgan fingerprint density at radius 2 is 1.78 bits per heavy atom. The molecule has 1 aliphatic heterocycles. The smallest absolute Gasteiger partial charge is 0.220 e. The van der Waals surface area contributed by atoms with E-state index in [4.69, 9.17) is 4.52 Å². The second-order valence-corrected chi connectivity index (χ2v) is 9.03. The van der Waals surface area contributed by atoms with Crippen LogP contribution in [0.5, 0.6) is 0 Å². The maximum absolute atomic E-state index is 12.9. The first kappa shape index (κ1) is 18.0. The summed E-state index contributed by atoms with van der Waals surface area (Å²) in [5.74, 6) is -0.131. The molecule has 4 rings (SSSR count). The number of hydrogen-bond donors (Lipinski definition) is 0. The highest BCUT2D eigenvalue weighted by Crippen LogP contribution is 2.25. The van der Waals surface area contributed by atoms with Crippen molar-refractivity contribution in [2.24, 2.45) is 0 Å². The largest absolute Gasteiger partial charge is 0.369 e. The van der Waals surface area contributed by atoms with E-state index in [0.717, 1.165) is 5.39 Å². The molecule has 0 saturated carbocycles. The number of sulfonamides is 1. The maximum Gasteiger partial charge on any atom is 0.220 e. The molecular formula is C20H23N3O3S. The monoisotopic (exact) mass is 385 g/mol. The summed E-state index contributed by atoms with van der Waals surface area (Å²) in [5, 5.41) is 4.73. The predicted octanol–water partition coefficient (Wildman–Crippen LogP) is 3.10. The number of para-hydroxylation sites is 1. The molecule has 0 N–H and O–H groups in total. The van der Waals surface area contributed by atoms with Gasteiger partial charge >= 0.3 is 0 Å². The molecule has 2 heterocycles. The Kier molecular flexibility index (Phi) is 4.65. The Morgan fingerprint density at radius 3 is 2.56 bits per heavy atom. The fraction of sp³-hybridized carbons (Fsp3) is 0.350. The number of hydrogen-bond acceptors (Lipinski definition) is 5. The van der Waals surface area contributed by atoms with Gasteiger partial charge in [-0.3, -0.25) is 0 Å². The minimum atomic E-state index is -3.44. The van der Waals surface area contributed by atoms with Crippen LogP contribution in [0.1, 0.15) is 16.8 Å². The van der Waals surface area contributed by atoms with Gasteiger partial charge in [0.05, 0.1) is 0 Å². The zero-order chi connectivity index (χ0) is 19.0. The summed E-state index contributed by atoms with van der Waals surface area (Å²) in [4.78, 5) is 2.26. The maximum atomic E-state index is 12.9. The molecule has 0 spiro atoms. The SMILES string of the molecule is Cc1ccc(C)c(N2CCN(S(=O)(=O)Cc3noc4ccccc34)CC2)c1. The summed E-state index contributed by atoms with van der Waals surface area (Å²) in [7, 11) is -3.44. The first-order chi connectivity index (χ1) is 12.9. The third kappa shape index (κ3) is 3.57. The zero-order valence-electron chi connectivity index (χ0n) is 15.6. The molecule has 1 aromatic heterocycles. The quantitative estimate of drug-likeness (QED) is 0.690. The summed E-state index contributed by atoms with van der Waals surface area (Å²) in [6.45, 7) is 6.49. The first-order valence-electron chi connectivity index (χ1n) is 9.07. The van der Waals surface area contributed by atoms with E-state index in [0.29, 0.717) is 37.5 Å². The lowest BCUT2D eigenvalue weighted by Gasteiger charge is -2.36. The van der Waals surface area contributed by atoms with Crippen LogP contribution in [0, 0.1) is 13.8 Å². The number of rotatable bonds is 4. The number of anilines is 1. The Hall–Kier alpha value is -2.38. The van der Waals surface area contributed by atoms with Gasteiger partial charge in [-0.2, -0.15) is 4.31 Å². The first-order valence-corrected chi connectivity index (χ1v) is 10.7. The molecule has 0 aliphatic carbocycles. The van der Waals surface area contributed by atoms with Gasteiger partial charge in [-0.25, -0.2) is 8.42 Å². The van der Waals surface area contributed by atoms with Crippen LogP contribution in [0.25, 0.3) is 11.0 Å². The standard InChI is InChI=1S/C20H23N3O3S/c1-15-7-8-16(2)19(13-15)22-9-11-23(12-10-22)27(24,25)14-18-17-5-3-4-6-20(17)26-21-18/h3-8,13H,9-12,14H2,1-2H3. The van der Waals surface area contributed by atoms with Crippen LogP contribution in [-0.4, -0.2) is 44.1 Å². The molecule has 1 aliphatic rings. The zero-order valence-corrected chi connectivity index (χ0v) is 16.4. The third-order valence-electron chi connectivity index (χ3n) is 5.11. The van der Waals surface area contributed by atoms with Gasteiger partial charge in [0.2, 0.25) is 10.0 Å². The summed E-state index contributed by atoms with van der Waals surface area (Å²) in [5.41, 5.74) is 4.70. The van der Waals surface area contributed by atoms with Gasteiger partial charge in [0.1, 0.15) is 11.4 Å². The van der Waals surface area contributed by atoms with Crippen molar-refractivity contribution in [1.29, 1.82) is 0 Å². The van der Waals surface area contributed by atoms with Crippen molar-refractivity contribution in [1.82, 2.24) is 9.46 Å². The fourth-order valence-corrected chi connectivity index (χ4v) is 5.03. The Morgan fingerprint density at radius 1 is 1.04 bits per heavy atom. The lowest BCUT2D eigenvalue weighted by atomic mass is 10.1. The third-order valence-corrected chi connectivity index (χ3v) is 6.90. The van der Waals surface area contributed by atoms with E-state index in [2.05, 4.69) is 42.1 Å². The average molecular weight is 385 g/mol. The number of fused-ring (bicyclic) bond motifs is 1. The van der Waals surface area contributed by atoms with Crippen LogP contribution in [0.15, 0.2) is 47.0 Å². The van der Waals surface area contributed by atoms with Crippen LogP contribution in [0.4, 0.5) is 5.69 Å². The second kappa shape index (κ2) is 6.98. The fourth-order valence-electron chi connectivity index (χ4n) is 3.57. The van der Waals surface area contributed by atoms with Crippen molar-refractivity contribution in [2.45, 2.75) is 19.6 Å². The summed E-state index contributed by atoms with van der Waals surface area (Å²) < 4.78 is 32.6. The second-order valence-electron chi connectivity index (χ2n) is 7.06. The van der Waals surface area contributed by atoms with Gasteiger partial charge in [-0.15, -0.1) is 0 Å². The normalized spacial score (nSPS) is 16.1. The van der Waals surface area contributed by atoms with Crippen molar-refractivity contribution < 1.29 is 12.9 Å². The summed E-state index contributed by atoms with van der Waals surface area (Å²) >= 11 is 0. The van der Waals surface area contributed by atoms with E-state index < -0.39 is 10.0 Å². The van der Waals surface area contributed by atoms with Gasteiger partial charge in [0, 0.05) is 37.3 Å². The van der Waals surface area contributed by atoms with Crippen LogP contribution in [0.3, 0.4) is 0 Å². The van der Waals surface area contributed by atoms with Gasteiger partial charge < -0.3 is 9.42 Å². The molecule has 0 radical (unpaired) electrons. The van der Waals surface area contributed by atoms with E-state index in [-0.39, 0.29) is 5.75 Å². The Balaban J connectivity index is 1.48. The van der Waals surface area contributed by atoms with Crippen LogP contribution in [0.2, 0.25) is 0 Å². The molecule has 0 bridgehead atoms. The number of aryl methyl sites for hydroxylation is 2. The highest BCUT2D eigenvalue weighted by molar-refractivity contribution is 7.88. The average Bonchev–Trinajstić information content (AvgIpc) is 3.06. The topological polar surface area (TPSA) is 66.7 Å². The van der Waals surface area contributed by atoms with E-state index in [9.17, 15) is 8.42 Å². The van der Waals surface area contributed by atoms with Crippen molar-refractivity contribution in [3.05, 3.63) is 59.3 Å². The molecule has 2 aromatic carbocycles. The lowest BCUT2D eigenvalue weighted by molar-refractivity contribution is 0.382. The minimum absolute atomic E-state index is 0.131. The highest BCUT2D eigenvalue weighted by atomic mass is 32.2. The number of piperazine rings is 1. The van der Waals surface area contributed by atoms with Crippen LogP contribution >= 0.6 is 0 Å². The van der Waals surface area contributed by atoms with E-state index in [1.165, 1.54) is 16.8 Å². The van der Waals surface area contributed by atoms with Crippen LogP contribution in [-0.2, 0) is 15.8 Å². The molecule has 0 unspecified atom stereocenters. The molecular weight excluding hydrogens is 362 g/mol. The molecule has 1 saturated heterocycles. The summed E-state index contributed by atoms with van der Waals surface area (Å²) in [6, 6.07) is 13.7. The van der Waals surface area contributed by atoms with E-state index >= 15 is 0 Å². The van der Waals surface area contributed by atoms with Gasteiger partial charge in [0.25, 0.3) is 0 Å². The lowest BCUT2D eigenvalue weighted by Crippen LogP contribution is -2.49. The molecule has 27 heavy (non-hydrogen) atoms. The van der Waals surface area contributed by atoms with Crippen LogP contribution < -0.4 is 4.90 Å². The Bertz CT molecular complexity index is 1070. The van der Waals surface area contributed by atoms with Crippen molar-refractivity contribution in [2.75, 3.05) is 31.1 Å². The number of benzene rings is 2. The molecule has 0 amide bonds. The van der Waals surface area contributed by atoms with Gasteiger partial charge in [-0.1, -0.05) is 29.4 Å². The molecule has 6 nitrogen and oxygen atoms in total. The highest BCUT2D eigenvalue weighted by Gasteiger charge is 2.29. The Labute approximate surface area is 159 Å². The van der Waals surface area contributed by atoms with Crippen molar-refractivity contribution in [3.8, 4) is 0 Å². The van der Waals surface area contributed by atoms with E-state index in [1.807, 2.05) is 18.2 Å². The minimum Gasteiger partial charge on any atom is -0.369 e. The van der Waals surface area contributed by atoms with E-state index in [1.54, 1.807) is 10.4 Å². The number of nitrogens with zero attached hydrogens (tertiary/aromatic N) is 3. The van der Waals surface area contributed by atoms with Crippen molar-refractivity contribution in [3.63, 3.8) is 0 Å². The summed E-state index contributed by atoms with van der Waals surface area (Å²) in [6.07, 6.45) is 0. The molecule has 7 heteroatoms. The molecule has 0 atom stereocenters. The number of aromatic nitrogens is 1.